The van der Waals surface area contributed by atoms with Gasteiger partial charge in [-0.25, -0.2) is 0 Å². The van der Waals surface area contributed by atoms with Crippen LogP contribution in [-0.2, 0) is 4.79 Å². The third-order valence-electron chi connectivity index (χ3n) is 3.53. The predicted octanol–water partition coefficient (Wildman–Crippen LogP) is 2.18. The minimum Gasteiger partial charge on any atom is -0.391 e. The first-order valence-corrected chi connectivity index (χ1v) is 6.13. The summed E-state index contributed by atoms with van der Waals surface area (Å²) in [5, 5.41) is 9.81. The van der Waals surface area contributed by atoms with Gasteiger partial charge in [0.2, 0.25) is 5.91 Å². The second-order valence-electron chi connectivity index (χ2n) is 6.56. The van der Waals surface area contributed by atoms with Crippen LogP contribution in [-0.4, -0.2) is 34.1 Å². The van der Waals surface area contributed by atoms with E-state index in [9.17, 15) is 9.90 Å². The Kier molecular flexibility index (Phi) is 3.68. The molecule has 0 bridgehead atoms. The van der Waals surface area contributed by atoms with Crippen LogP contribution in [0.2, 0.25) is 0 Å². The van der Waals surface area contributed by atoms with E-state index >= 15 is 0 Å². The summed E-state index contributed by atoms with van der Waals surface area (Å²) in [6, 6.07) is 0. The average Bonchev–Trinajstić information content (AvgIpc) is 2.37. The van der Waals surface area contributed by atoms with Gasteiger partial charge >= 0.3 is 0 Å². The van der Waals surface area contributed by atoms with Crippen LogP contribution in [0, 0.1) is 5.41 Å². The molecule has 3 heteroatoms. The summed E-state index contributed by atoms with van der Waals surface area (Å²) in [5.41, 5.74) is -0.201. The summed E-state index contributed by atoms with van der Waals surface area (Å²) >= 11 is 0. The van der Waals surface area contributed by atoms with E-state index < -0.39 is 5.54 Å². The van der Waals surface area contributed by atoms with Crippen molar-refractivity contribution >= 4 is 5.91 Å². The number of aliphatic hydroxyl groups is 1. The first kappa shape index (κ1) is 13.5. The van der Waals surface area contributed by atoms with Crippen LogP contribution >= 0.6 is 0 Å². The Labute approximate surface area is 98.8 Å². The largest absolute Gasteiger partial charge is 0.391 e. The van der Waals surface area contributed by atoms with E-state index in [0.29, 0.717) is 19.4 Å². The number of carbonyl (C=O) groups excluding carboxylic acids is 1. The number of hydrogen-bond acceptors (Lipinski definition) is 2. The third kappa shape index (κ3) is 2.97. The van der Waals surface area contributed by atoms with Crippen LogP contribution < -0.4 is 0 Å². The molecule has 0 saturated carbocycles. The van der Waals surface area contributed by atoms with Crippen molar-refractivity contribution in [3.63, 3.8) is 0 Å². The van der Waals surface area contributed by atoms with Crippen LogP contribution in [0.25, 0.3) is 0 Å². The van der Waals surface area contributed by atoms with Gasteiger partial charge in [-0.15, -0.1) is 0 Å². The predicted molar refractivity (Wildman–Crippen MR) is 65.1 cm³/mol. The third-order valence-corrected chi connectivity index (χ3v) is 3.53. The number of carbonyl (C=O) groups is 1. The van der Waals surface area contributed by atoms with Crippen LogP contribution in [0.15, 0.2) is 0 Å². The van der Waals surface area contributed by atoms with E-state index in [4.69, 9.17) is 0 Å². The highest BCUT2D eigenvalue weighted by molar-refractivity contribution is 5.77. The fraction of sp³-hybridized carbons (Fsp3) is 0.923. The maximum Gasteiger partial charge on any atom is 0.223 e. The number of hydrogen-bond donors (Lipinski definition) is 1. The first-order valence-electron chi connectivity index (χ1n) is 6.13. The number of amides is 1. The molecule has 1 aliphatic rings. The highest BCUT2D eigenvalue weighted by atomic mass is 16.3. The Balaban J connectivity index is 2.56. The van der Waals surface area contributed by atoms with Gasteiger partial charge in [-0.1, -0.05) is 20.8 Å². The van der Waals surface area contributed by atoms with Crippen molar-refractivity contribution in [1.82, 2.24) is 4.90 Å². The summed E-state index contributed by atoms with van der Waals surface area (Å²) in [6.45, 7) is 11.0. The number of aliphatic hydroxyl groups excluding tert-OH is 1. The quantitative estimate of drug-likeness (QED) is 0.785. The summed E-state index contributed by atoms with van der Waals surface area (Å²) < 4.78 is 0. The van der Waals surface area contributed by atoms with Gasteiger partial charge in [0.25, 0.3) is 0 Å². The lowest BCUT2D eigenvalue weighted by molar-refractivity contribution is -0.136. The summed E-state index contributed by atoms with van der Waals surface area (Å²) in [5.74, 6) is 0.177. The molecule has 0 aliphatic carbocycles. The number of likely N-dealkylation sites (tertiary alicyclic amines) is 1. The lowest BCUT2D eigenvalue weighted by atomic mass is 9.90. The van der Waals surface area contributed by atoms with Gasteiger partial charge in [-0.2, -0.15) is 0 Å². The molecule has 0 spiro atoms. The molecule has 1 rings (SSSR count). The second-order valence-corrected chi connectivity index (χ2v) is 6.56. The van der Waals surface area contributed by atoms with Crippen molar-refractivity contribution < 1.29 is 9.90 Å². The molecule has 1 N–H and O–H groups in total. The van der Waals surface area contributed by atoms with Crippen LogP contribution in [0.5, 0.6) is 0 Å². The topological polar surface area (TPSA) is 40.5 Å². The number of nitrogens with zero attached hydrogens (tertiary/aromatic N) is 1. The first-order chi connectivity index (χ1) is 7.14. The maximum atomic E-state index is 12.1. The van der Waals surface area contributed by atoms with Gasteiger partial charge in [0.15, 0.2) is 0 Å². The smallest absolute Gasteiger partial charge is 0.223 e. The van der Waals surface area contributed by atoms with Crippen LogP contribution in [0.4, 0.5) is 0 Å². The molecule has 0 radical (unpaired) electrons. The molecule has 1 amide bonds. The highest BCUT2D eigenvalue weighted by Gasteiger charge is 2.42. The fourth-order valence-electron chi connectivity index (χ4n) is 2.14. The highest BCUT2D eigenvalue weighted by Crippen LogP contribution is 2.30. The van der Waals surface area contributed by atoms with Crippen molar-refractivity contribution in [2.75, 3.05) is 6.54 Å². The Bertz CT molecular complexity index is 266. The molecule has 1 aliphatic heterocycles. The second kappa shape index (κ2) is 4.36. The van der Waals surface area contributed by atoms with Gasteiger partial charge in [0, 0.05) is 13.0 Å². The summed E-state index contributed by atoms with van der Waals surface area (Å²) in [4.78, 5) is 13.9. The molecule has 1 atom stereocenters. The Hall–Kier alpha value is -0.570. The van der Waals surface area contributed by atoms with Crippen molar-refractivity contribution in [2.45, 2.75) is 65.5 Å². The van der Waals surface area contributed by atoms with Gasteiger partial charge in [0.05, 0.1) is 11.6 Å². The Morgan fingerprint density at radius 2 is 2.00 bits per heavy atom. The minimum atomic E-state index is -0.394. The van der Waals surface area contributed by atoms with Gasteiger partial charge in [0.1, 0.15) is 0 Å². The molecular weight excluding hydrogens is 202 g/mol. The van der Waals surface area contributed by atoms with Gasteiger partial charge < -0.3 is 10.0 Å². The van der Waals surface area contributed by atoms with Crippen molar-refractivity contribution in [3.8, 4) is 0 Å². The van der Waals surface area contributed by atoms with E-state index in [1.807, 2.05) is 18.7 Å². The summed E-state index contributed by atoms with van der Waals surface area (Å²) in [7, 11) is 0. The Morgan fingerprint density at radius 1 is 1.44 bits per heavy atom. The molecule has 0 aromatic carbocycles. The van der Waals surface area contributed by atoms with Gasteiger partial charge in [-0.3, -0.25) is 4.79 Å². The SMILES string of the molecule is CC(C)(C)CCC(=O)N1CCC(O)C1(C)C. The molecular formula is C13H25NO2. The monoisotopic (exact) mass is 227 g/mol. The van der Waals surface area contributed by atoms with E-state index in [-0.39, 0.29) is 17.4 Å². The van der Waals surface area contributed by atoms with E-state index in [2.05, 4.69) is 20.8 Å². The molecule has 0 aromatic rings. The average molecular weight is 227 g/mol. The molecule has 16 heavy (non-hydrogen) atoms. The zero-order valence-corrected chi connectivity index (χ0v) is 11.2. The zero-order chi connectivity index (χ0) is 12.6. The van der Waals surface area contributed by atoms with E-state index in [1.54, 1.807) is 0 Å². The van der Waals surface area contributed by atoms with Crippen molar-refractivity contribution in [3.05, 3.63) is 0 Å². The molecule has 1 unspecified atom stereocenters. The molecule has 94 valence electrons. The number of rotatable bonds is 2. The minimum absolute atomic E-state index is 0.177. The Morgan fingerprint density at radius 3 is 2.38 bits per heavy atom. The van der Waals surface area contributed by atoms with Crippen molar-refractivity contribution in [1.29, 1.82) is 0 Å². The van der Waals surface area contributed by atoms with Gasteiger partial charge in [-0.05, 0) is 32.1 Å². The zero-order valence-electron chi connectivity index (χ0n) is 11.2. The van der Waals surface area contributed by atoms with E-state index in [0.717, 1.165) is 6.42 Å². The lowest BCUT2D eigenvalue weighted by Crippen LogP contribution is -2.48. The molecule has 1 heterocycles. The summed E-state index contributed by atoms with van der Waals surface area (Å²) in [6.07, 6.45) is 1.80. The maximum absolute atomic E-state index is 12.1. The molecule has 1 saturated heterocycles. The van der Waals surface area contributed by atoms with Crippen LogP contribution in [0.1, 0.15) is 53.9 Å². The van der Waals surface area contributed by atoms with E-state index in [1.165, 1.54) is 0 Å². The molecule has 0 aromatic heterocycles. The standard InChI is InChI=1S/C13H25NO2/c1-12(2,3)8-6-11(16)14-9-7-10(15)13(14,4)5/h10,15H,6-9H2,1-5H3. The molecule has 1 fully saturated rings. The lowest BCUT2D eigenvalue weighted by Gasteiger charge is -2.34. The fourth-order valence-corrected chi connectivity index (χ4v) is 2.14. The normalized spacial score (nSPS) is 24.9. The van der Waals surface area contributed by atoms with Crippen molar-refractivity contribution in [2.24, 2.45) is 5.41 Å². The molecule has 3 nitrogen and oxygen atoms in total. The van der Waals surface area contributed by atoms with Crippen LogP contribution in [0.3, 0.4) is 0 Å².